The van der Waals surface area contributed by atoms with Crippen molar-refractivity contribution in [2.75, 3.05) is 5.32 Å². The molecule has 1 N–H and O–H groups in total. The van der Waals surface area contributed by atoms with E-state index in [1.54, 1.807) is 24.5 Å². The van der Waals surface area contributed by atoms with Crippen molar-refractivity contribution in [1.29, 1.82) is 0 Å². The molecule has 120 valence electrons. The van der Waals surface area contributed by atoms with Crippen molar-refractivity contribution in [2.45, 2.75) is 18.4 Å². The molecule has 1 aliphatic heterocycles. The largest absolute Gasteiger partial charge is 0.306 e. The van der Waals surface area contributed by atoms with E-state index in [2.05, 4.69) is 10.3 Å². The number of amides is 1. The number of aryl methyl sites for hydroxylation is 1. The Morgan fingerprint density at radius 1 is 1.17 bits per heavy atom. The van der Waals surface area contributed by atoms with Gasteiger partial charge in [-0.1, -0.05) is 18.2 Å². The zero-order valence-corrected chi connectivity index (χ0v) is 14.0. The third-order valence-corrected chi connectivity index (χ3v) is 5.04. The Bertz CT molecular complexity index is 905. The fraction of sp³-hybridized carbons (Fsp3) is 0.167. The molecule has 0 saturated heterocycles. The second kappa shape index (κ2) is 6.13. The fourth-order valence-electron chi connectivity index (χ4n) is 2.80. The van der Waals surface area contributed by atoms with E-state index in [1.165, 1.54) is 0 Å². The van der Waals surface area contributed by atoms with E-state index < -0.39 is 0 Å². The second-order valence-corrected chi connectivity index (χ2v) is 6.64. The molecule has 0 aliphatic carbocycles. The summed E-state index contributed by atoms with van der Waals surface area (Å²) in [4.78, 5) is 16.6. The quantitative estimate of drug-likeness (QED) is 0.794. The lowest BCUT2D eigenvalue weighted by molar-refractivity contribution is 0.102. The predicted octanol–water partition coefficient (Wildman–Crippen LogP) is 3.57. The van der Waals surface area contributed by atoms with Crippen LogP contribution in [0.4, 0.5) is 5.82 Å². The monoisotopic (exact) mass is 336 g/mol. The number of nitrogens with zero attached hydrogens (tertiary/aromatic N) is 3. The Labute approximate surface area is 144 Å². The smallest absolute Gasteiger partial charge is 0.256 e. The SMILES string of the molecule is Cc1ccccc1-n1nc2c(c1NC(=O)c1ccncc1)CSC2. The Balaban J connectivity index is 1.77. The highest BCUT2D eigenvalue weighted by atomic mass is 32.2. The van der Waals surface area contributed by atoms with E-state index in [-0.39, 0.29) is 5.91 Å². The van der Waals surface area contributed by atoms with Crippen LogP contribution in [-0.4, -0.2) is 20.7 Å². The molecule has 1 aliphatic rings. The van der Waals surface area contributed by atoms with E-state index >= 15 is 0 Å². The van der Waals surface area contributed by atoms with Crippen LogP contribution >= 0.6 is 11.8 Å². The van der Waals surface area contributed by atoms with Gasteiger partial charge in [-0.05, 0) is 30.7 Å². The first-order valence-corrected chi connectivity index (χ1v) is 8.85. The van der Waals surface area contributed by atoms with Gasteiger partial charge in [-0.3, -0.25) is 9.78 Å². The number of pyridine rings is 1. The number of para-hydroxylation sites is 1. The summed E-state index contributed by atoms with van der Waals surface area (Å²) in [5.41, 5.74) is 4.86. The van der Waals surface area contributed by atoms with Gasteiger partial charge in [0.2, 0.25) is 0 Å². The minimum atomic E-state index is -0.146. The first kappa shape index (κ1) is 15.0. The number of rotatable bonds is 3. The van der Waals surface area contributed by atoms with Crippen LogP contribution in [0, 0.1) is 6.92 Å². The Morgan fingerprint density at radius 3 is 2.75 bits per heavy atom. The Hall–Kier alpha value is -2.60. The lowest BCUT2D eigenvalue weighted by atomic mass is 10.2. The number of benzene rings is 1. The van der Waals surface area contributed by atoms with Crippen molar-refractivity contribution < 1.29 is 4.79 Å². The van der Waals surface area contributed by atoms with Gasteiger partial charge in [0.15, 0.2) is 0 Å². The van der Waals surface area contributed by atoms with Crippen LogP contribution in [0.5, 0.6) is 0 Å². The second-order valence-electron chi connectivity index (χ2n) is 5.65. The Kier molecular flexibility index (Phi) is 3.82. The topological polar surface area (TPSA) is 59.8 Å². The molecule has 0 unspecified atom stereocenters. The molecule has 0 radical (unpaired) electrons. The van der Waals surface area contributed by atoms with Gasteiger partial charge in [-0.25, -0.2) is 4.68 Å². The molecule has 4 rings (SSSR count). The molecule has 3 heterocycles. The van der Waals surface area contributed by atoms with Crippen LogP contribution in [0.2, 0.25) is 0 Å². The van der Waals surface area contributed by atoms with Gasteiger partial charge in [-0.2, -0.15) is 16.9 Å². The van der Waals surface area contributed by atoms with Crippen LogP contribution in [0.25, 0.3) is 5.69 Å². The molecule has 5 nitrogen and oxygen atoms in total. The molecular weight excluding hydrogens is 320 g/mol. The van der Waals surface area contributed by atoms with Crippen molar-refractivity contribution in [3.05, 3.63) is 71.2 Å². The maximum atomic E-state index is 12.6. The molecule has 2 aromatic heterocycles. The number of thioether (sulfide) groups is 1. The van der Waals surface area contributed by atoms with Crippen LogP contribution in [0.15, 0.2) is 48.8 Å². The highest BCUT2D eigenvalue weighted by Crippen LogP contribution is 2.36. The molecule has 0 bridgehead atoms. The maximum Gasteiger partial charge on any atom is 0.256 e. The number of carbonyl (C=O) groups is 1. The molecule has 1 amide bonds. The van der Waals surface area contributed by atoms with Gasteiger partial charge in [0, 0.05) is 35.0 Å². The van der Waals surface area contributed by atoms with Crippen molar-refractivity contribution in [2.24, 2.45) is 0 Å². The molecule has 24 heavy (non-hydrogen) atoms. The summed E-state index contributed by atoms with van der Waals surface area (Å²) in [5, 5.41) is 7.79. The molecule has 0 fully saturated rings. The van der Waals surface area contributed by atoms with Gasteiger partial charge in [0.25, 0.3) is 5.91 Å². The highest BCUT2D eigenvalue weighted by Gasteiger charge is 2.25. The minimum absolute atomic E-state index is 0.146. The number of carbonyl (C=O) groups excluding carboxylic acids is 1. The summed E-state index contributed by atoms with van der Waals surface area (Å²) < 4.78 is 1.86. The Morgan fingerprint density at radius 2 is 1.96 bits per heavy atom. The average Bonchev–Trinajstić information content (AvgIpc) is 3.19. The number of fused-ring (bicyclic) bond motifs is 1. The van der Waals surface area contributed by atoms with E-state index in [1.807, 2.05) is 47.6 Å². The van der Waals surface area contributed by atoms with Gasteiger partial charge >= 0.3 is 0 Å². The molecular formula is C18H16N4OS. The van der Waals surface area contributed by atoms with Crippen molar-refractivity contribution >= 4 is 23.5 Å². The summed E-state index contributed by atoms with van der Waals surface area (Å²) >= 11 is 1.82. The summed E-state index contributed by atoms with van der Waals surface area (Å²) in [7, 11) is 0. The lowest BCUT2D eigenvalue weighted by Crippen LogP contribution is -2.16. The maximum absolute atomic E-state index is 12.6. The van der Waals surface area contributed by atoms with Crippen LogP contribution in [0.3, 0.4) is 0 Å². The third-order valence-electron chi connectivity index (χ3n) is 4.07. The van der Waals surface area contributed by atoms with E-state index in [0.29, 0.717) is 5.56 Å². The molecule has 6 heteroatoms. The predicted molar refractivity (Wildman–Crippen MR) is 95.5 cm³/mol. The van der Waals surface area contributed by atoms with Crippen molar-refractivity contribution in [1.82, 2.24) is 14.8 Å². The van der Waals surface area contributed by atoms with Crippen molar-refractivity contribution in [3.8, 4) is 5.69 Å². The van der Waals surface area contributed by atoms with Crippen LogP contribution in [-0.2, 0) is 11.5 Å². The van der Waals surface area contributed by atoms with Crippen LogP contribution < -0.4 is 5.32 Å². The molecule has 3 aromatic rings. The molecule has 0 spiro atoms. The van der Waals surface area contributed by atoms with Gasteiger partial charge in [0.05, 0.1) is 11.4 Å². The summed E-state index contributed by atoms with van der Waals surface area (Å²) in [6.45, 7) is 2.05. The van der Waals surface area contributed by atoms with E-state index in [4.69, 9.17) is 5.10 Å². The summed E-state index contributed by atoms with van der Waals surface area (Å²) in [5.74, 6) is 2.37. The number of hydrogen-bond acceptors (Lipinski definition) is 4. The van der Waals surface area contributed by atoms with Crippen LogP contribution in [0.1, 0.15) is 27.2 Å². The first-order valence-electron chi connectivity index (χ1n) is 7.70. The summed E-state index contributed by atoms with van der Waals surface area (Å²) in [6.07, 6.45) is 3.24. The van der Waals surface area contributed by atoms with Gasteiger partial charge in [0.1, 0.15) is 5.82 Å². The van der Waals surface area contributed by atoms with Gasteiger partial charge < -0.3 is 5.32 Å². The highest BCUT2D eigenvalue weighted by molar-refractivity contribution is 7.98. The van der Waals surface area contributed by atoms with E-state index in [0.717, 1.165) is 39.8 Å². The number of hydrogen-bond donors (Lipinski definition) is 1. The molecule has 0 atom stereocenters. The number of anilines is 1. The lowest BCUT2D eigenvalue weighted by Gasteiger charge is -2.12. The zero-order chi connectivity index (χ0) is 16.5. The summed E-state index contributed by atoms with van der Waals surface area (Å²) in [6, 6.07) is 11.5. The zero-order valence-electron chi connectivity index (χ0n) is 13.2. The average molecular weight is 336 g/mol. The molecule has 0 saturated carbocycles. The normalized spacial score (nSPS) is 12.9. The van der Waals surface area contributed by atoms with Crippen molar-refractivity contribution in [3.63, 3.8) is 0 Å². The fourth-order valence-corrected chi connectivity index (χ4v) is 3.83. The third kappa shape index (κ3) is 2.59. The van der Waals surface area contributed by atoms with Gasteiger partial charge in [-0.15, -0.1) is 0 Å². The number of nitrogens with one attached hydrogen (secondary N) is 1. The number of aromatic nitrogens is 3. The molecule has 1 aromatic carbocycles. The first-order chi connectivity index (χ1) is 11.7. The van der Waals surface area contributed by atoms with E-state index in [9.17, 15) is 4.79 Å². The minimum Gasteiger partial charge on any atom is -0.306 e. The standard InChI is InChI=1S/C18H16N4OS/c1-12-4-2-3-5-16(12)22-17(14-10-24-11-15(14)21-22)20-18(23)13-6-8-19-9-7-13/h2-9H,10-11H2,1H3,(H,20,23).